The third kappa shape index (κ3) is 1.70. The summed E-state index contributed by atoms with van der Waals surface area (Å²) < 4.78 is 19.6. The minimum absolute atomic E-state index is 0.145. The van der Waals surface area contributed by atoms with Gasteiger partial charge < -0.3 is 9.72 Å². The zero-order valence-electron chi connectivity index (χ0n) is 8.85. The Morgan fingerprint density at radius 2 is 2.24 bits per heavy atom. The number of pyridine rings is 1. The second-order valence-electron chi connectivity index (χ2n) is 4.02. The van der Waals surface area contributed by atoms with Crippen molar-refractivity contribution < 1.29 is 9.13 Å². The fraction of sp³-hybridized carbons (Fsp3) is 0.250. The fourth-order valence-electron chi connectivity index (χ4n) is 2.12. The van der Waals surface area contributed by atoms with E-state index in [9.17, 15) is 9.18 Å². The fourth-order valence-corrected chi connectivity index (χ4v) is 2.55. The third-order valence-corrected chi connectivity index (χ3v) is 3.41. The Balaban J connectivity index is 2.44. The molecule has 0 atom stereocenters. The highest BCUT2D eigenvalue weighted by Gasteiger charge is 2.17. The van der Waals surface area contributed by atoms with E-state index < -0.39 is 5.82 Å². The average molecular weight is 298 g/mol. The minimum Gasteiger partial charge on any atom is -0.376 e. The summed E-state index contributed by atoms with van der Waals surface area (Å²) in [6.07, 6.45) is 0.621. The number of nitrogens with one attached hydrogen (secondary N) is 1. The van der Waals surface area contributed by atoms with Crippen LogP contribution in [0.4, 0.5) is 4.39 Å². The first-order chi connectivity index (χ1) is 8.16. The van der Waals surface area contributed by atoms with Crippen LogP contribution in [0.1, 0.15) is 11.3 Å². The van der Waals surface area contributed by atoms with Crippen molar-refractivity contribution in [3.63, 3.8) is 0 Å². The number of rotatable bonds is 0. The first-order valence-corrected chi connectivity index (χ1v) is 6.06. The van der Waals surface area contributed by atoms with Gasteiger partial charge >= 0.3 is 0 Å². The number of ether oxygens (including phenoxy) is 1. The molecule has 17 heavy (non-hydrogen) atoms. The van der Waals surface area contributed by atoms with E-state index in [1.165, 1.54) is 6.07 Å². The van der Waals surface area contributed by atoms with Crippen molar-refractivity contribution in [1.29, 1.82) is 0 Å². The molecule has 0 radical (unpaired) electrons. The second-order valence-corrected chi connectivity index (χ2v) is 4.94. The van der Waals surface area contributed by atoms with Gasteiger partial charge in [-0.3, -0.25) is 4.79 Å². The van der Waals surface area contributed by atoms with Gasteiger partial charge in [0.15, 0.2) is 5.43 Å². The van der Waals surface area contributed by atoms with Crippen LogP contribution in [0.2, 0.25) is 0 Å². The van der Waals surface area contributed by atoms with E-state index in [-0.39, 0.29) is 10.9 Å². The molecule has 0 bridgehead atoms. The summed E-state index contributed by atoms with van der Waals surface area (Å²) in [6.45, 7) is 0.862. The van der Waals surface area contributed by atoms with Gasteiger partial charge in [0, 0.05) is 27.5 Å². The molecule has 1 N–H and O–H groups in total. The molecule has 0 aliphatic carbocycles. The standard InChI is InChI=1S/C12H9BrFNO2/c13-6-3-7-11(9(14)4-6)15-10-1-2-17-5-8(10)12(7)16/h3-4H,1-2,5H2,(H,15,16). The predicted octanol–water partition coefficient (Wildman–Crippen LogP) is 2.50. The number of hydrogen-bond acceptors (Lipinski definition) is 2. The van der Waals surface area contributed by atoms with Crippen molar-refractivity contribution in [2.75, 3.05) is 6.61 Å². The van der Waals surface area contributed by atoms with E-state index in [1.807, 2.05) is 0 Å². The Labute approximate surface area is 105 Å². The molecule has 1 aliphatic rings. The van der Waals surface area contributed by atoms with Gasteiger partial charge in [0.1, 0.15) is 5.82 Å². The van der Waals surface area contributed by atoms with Crippen molar-refractivity contribution in [3.05, 3.63) is 43.9 Å². The van der Waals surface area contributed by atoms with Crippen molar-refractivity contribution in [1.82, 2.24) is 4.98 Å². The molecule has 2 heterocycles. The maximum absolute atomic E-state index is 13.8. The number of aromatic amines is 1. The molecule has 2 aromatic rings. The van der Waals surface area contributed by atoms with Gasteiger partial charge in [0.05, 0.1) is 18.7 Å². The normalized spacial score (nSPS) is 14.9. The van der Waals surface area contributed by atoms with Crippen LogP contribution >= 0.6 is 15.9 Å². The first-order valence-electron chi connectivity index (χ1n) is 5.27. The SMILES string of the molecule is O=c1c2c([nH]c3c(F)cc(Br)cc13)CCOC2. The van der Waals surface area contributed by atoms with Crippen LogP contribution in [-0.2, 0) is 17.8 Å². The van der Waals surface area contributed by atoms with E-state index in [1.54, 1.807) is 6.07 Å². The monoisotopic (exact) mass is 297 g/mol. The smallest absolute Gasteiger partial charge is 0.195 e. The lowest BCUT2D eigenvalue weighted by atomic mass is 10.1. The zero-order valence-corrected chi connectivity index (χ0v) is 10.4. The van der Waals surface area contributed by atoms with Gasteiger partial charge in [-0.15, -0.1) is 0 Å². The molecule has 0 spiro atoms. The third-order valence-electron chi connectivity index (χ3n) is 2.96. The highest BCUT2D eigenvalue weighted by molar-refractivity contribution is 9.10. The molecule has 5 heteroatoms. The van der Waals surface area contributed by atoms with Crippen molar-refractivity contribution in [3.8, 4) is 0 Å². The summed E-state index contributed by atoms with van der Waals surface area (Å²) in [5, 5.41) is 0.362. The van der Waals surface area contributed by atoms with Gasteiger partial charge in [-0.25, -0.2) is 4.39 Å². The van der Waals surface area contributed by atoms with Crippen molar-refractivity contribution in [2.24, 2.45) is 0 Å². The lowest BCUT2D eigenvalue weighted by molar-refractivity contribution is 0.108. The Morgan fingerprint density at radius 1 is 1.41 bits per heavy atom. The molecular weight excluding hydrogens is 289 g/mol. The number of hydrogen-bond donors (Lipinski definition) is 1. The van der Waals surface area contributed by atoms with Crippen molar-refractivity contribution in [2.45, 2.75) is 13.0 Å². The van der Waals surface area contributed by atoms with Crippen LogP contribution < -0.4 is 5.43 Å². The van der Waals surface area contributed by atoms with E-state index in [4.69, 9.17) is 4.74 Å². The summed E-state index contributed by atoms with van der Waals surface area (Å²) in [6, 6.07) is 2.98. The average Bonchev–Trinajstić information content (AvgIpc) is 2.31. The minimum atomic E-state index is -0.416. The van der Waals surface area contributed by atoms with Crippen LogP contribution in [0.3, 0.4) is 0 Å². The maximum atomic E-state index is 13.8. The Hall–Kier alpha value is -1.20. The quantitative estimate of drug-likeness (QED) is 0.812. The van der Waals surface area contributed by atoms with Gasteiger partial charge in [-0.1, -0.05) is 15.9 Å². The number of H-pyrrole nitrogens is 1. The summed E-state index contributed by atoms with van der Waals surface area (Å²) in [5.74, 6) is -0.416. The molecule has 3 rings (SSSR count). The van der Waals surface area contributed by atoms with Crippen LogP contribution in [-0.4, -0.2) is 11.6 Å². The second kappa shape index (κ2) is 3.92. The molecule has 0 unspecified atom stereocenters. The van der Waals surface area contributed by atoms with E-state index in [0.29, 0.717) is 35.1 Å². The summed E-state index contributed by atoms with van der Waals surface area (Å²) >= 11 is 3.19. The summed E-state index contributed by atoms with van der Waals surface area (Å²) in [4.78, 5) is 15.2. The van der Waals surface area contributed by atoms with Gasteiger partial charge in [-0.2, -0.15) is 0 Å². The molecule has 0 saturated carbocycles. The topological polar surface area (TPSA) is 42.1 Å². The first kappa shape index (κ1) is 10.9. The molecule has 1 aromatic heterocycles. The zero-order chi connectivity index (χ0) is 12.0. The predicted molar refractivity (Wildman–Crippen MR) is 65.6 cm³/mol. The summed E-state index contributed by atoms with van der Waals surface area (Å²) in [5.41, 5.74) is 1.53. The molecule has 0 saturated heterocycles. The van der Waals surface area contributed by atoms with E-state index in [2.05, 4.69) is 20.9 Å². The Morgan fingerprint density at radius 3 is 3.06 bits per heavy atom. The van der Waals surface area contributed by atoms with Crippen LogP contribution in [0.15, 0.2) is 21.4 Å². The number of benzene rings is 1. The number of aromatic nitrogens is 1. The number of fused-ring (bicyclic) bond motifs is 2. The van der Waals surface area contributed by atoms with Crippen LogP contribution in [0.5, 0.6) is 0 Å². The van der Waals surface area contributed by atoms with Crippen molar-refractivity contribution >= 4 is 26.8 Å². The highest BCUT2D eigenvalue weighted by atomic mass is 79.9. The summed E-state index contributed by atoms with van der Waals surface area (Å²) in [7, 11) is 0. The largest absolute Gasteiger partial charge is 0.376 e. The molecule has 88 valence electrons. The van der Waals surface area contributed by atoms with Gasteiger partial charge in [0.2, 0.25) is 0 Å². The Kier molecular flexibility index (Phi) is 2.52. The van der Waals surface area contributed by atoms with Crippen LogP contribution in [0, 0.1) is 5.82 Å². The van der Waals surface area contributed by atoms with Gasteiger partial charge in [-0.05, 0) is 12.1 Å². The lowest BCUT2D eigenvalue weighted by Gasteiger charge is -2.16. The molecule has 0 amide bonds. The molecule has 3 nitrogen and oxygen atoms in total. The Bertz CT molecular complexity index is 666. The number of halogens is 2. The van der Waals surface area contributed by atoms with Crippen LogP contribution in [0.25, 0.3) is 10.9 Å². The molecular formula is C12H9BrFNO2. The molecule has 1 aliphatic heterocycles. The highest BCUT2D eigenvalue weighted by Crippen LogP contribution is 2.22. The molecule has 0 fully saturated rings. The van der Waals surface area contributed by atoms with Gasteiger partial charge in [0.25, 0.3) is 0 Å². The lowest BCUT2D eigenvalue weighted by Crippen LogP contribution is -2.22. The van der Waals surface area contributed by atoms with E-state index in [0.717, 1.165) is 5.69 Å². The molecule has 1 aromatic carbocycles. The maximum Gasteiger partial charge on any atom is 0.195 e. The van der Waals surface area contributed by atoms with E-state index >= 15 is 0 Å².